The molecule has 0 spiro atoms. The maximum atomic E-state index is 5.32. The quantitative estimate of drug-likeness (QED) is 0.339. The van der Waals surface area contributed by atoms with E-state index in [1.165, 1.54) is 0 Å². The highest BCUT2D eigenvalue weighted by molar-refractivity contribution is 6.31. The molecule has 62 valence electrons. The molecule has 3 N–H and O–H groups in total. The highest BCUT2D eigenvalue weighted by atomic mass is 15.2. The molecule has 1 aromatic heterocycles. The van der Waals surface area contributed by atoms with Crippen molar-refractivity contribution >= 4 is 30.0 Å². The van der Waals surface area contributed by atoms with Crippen LogP contribution in [-0.2, 0) is 0 Å². The van der Waals surface area contributed by atoms with Gasteiger partial charge in [-0.2, -0.15) is 0 Å². The number of fused-ring (bicyclic) bond motifs is 1. The van der Waals surface area contributed by atoms with Gasteiger partial charge in [0.2, 0.25) is 0 Å². The van der Waals surface area contributed by atoms with Gasteiger partial charge in [-0.05, 0) is 17.7 Å². The monoisotopic (exact) mass is 169 g/mol. The van der Waals surface area contributed by atoms with Crippen molar-refractivity contribution in [3.63, 3.8) is 0 Å². The van der Waals surface area contributed by atoms with E-state index in [-0.39, 0.29) is 0 Å². The molecule has 0 aliphatic carbocycles. The van der Waals surface area contributed by atoms with Gasteiger partial charge in [0.05, 0.1) is 5.52 Å². The second-order valence-corrected chi connectivity index (χ2v) is 2.82. The summed E-state index contributed by atoms with van der Waals surface area (Å²) in [5.41, 5.74) is 5.15. The predicted molar refractivity (Wildman–Crippen MR) is 55.4 cm³/mol. The standard InChI is InChI=1S/C9H8BN3/c10-9-5-4-6-7(12-9)2-1-3-8(6)13-11/h2,4-5,13H,10-11H2. The van der Waals surface area contributed by atoms with E-state index in [2.05, 4.69) is 22.5 Å². The maximum Gasteiger partial charge on any atom is 0.163 e. The van der Waals surface area contributed by atoms with Crippen molar-refractivity contribution in [1.29, 1.82) is 0 Å². The summed E-state index contributed by atoms with van der Waals surface area (Å²) >= 11 is 0. The van der Waals surface area contributed by atoms with Crippen molar-refractivity contribution in [2.45, 2.75) is 0 Å². The summed E-state index contributed by atoms with van der Waals surface area (Å²) in [5.74, 6) is 5.32. The van der Waals surface area contributed by atoms with Crippen LogP contribution in [0.15, 0.2) is 18.2 Å². The predicted octanol–water partition coefficient (Wildman–Crippen LogP) is -0.621. The van der Waals surface area contributed by atoms with Crippen LogP contribution in [0.25, 0.3) is 10.9 Å². The topological polar surface area (TPSA) is 50.9 Å². The summed E-state index contributed by atoms with van der Waals surface area (Å²) in [6.07, 6.45) is 0. The SMILES string of the molecule is Bc1ccc2c(NN)c#ccc2n1. The molecule has 0 saturated carbocycles. The summed E-state index contributed by atoms with van der Waals surface area (Å²) in [6, 6.07) is 11.4. The molecule has 0 fully saturated rings. The molecule has 2 aromatic rings. The summed E-state index contributed by atoms with van der Waals surface area (Å²) in [7, 11) is 1.95. The van der Waals surface area contributed by atoms with Crippen molar-refractivity contribution in [2.75, 3.05) is 5.43 Å². The van der Waals surface area contributed by atoms with Gasteiger partial charge < -0.3 is 5.43 Å². The zero-order valence-corrected chi connectivity index (χ0v) is 7.26. The number of nitrogen functional groups attached to an aromatic ring is 1. The van der Waals surface area contributed by atoms with E-state index in [4.69, 9.17) is 5.84 Å². The molecule has 0 atom stereocenters. The van der Waals surface area contributed by atoms with Crippen molar-refractivity contribution in [1.82, 2.24) is 4.98 Å². The molecule has 1 heterocycles. The fourth-order valence-corrected chi connectivity index (χ4v) is 1.26. The minimum absolute atomic E-state index is 0.727. The molecule has 2 rings (SSSR count). The number of anilines is 1. The van der Waals surface area contributed by atoms with E-state index in [0.29, 0.717) is 0 Å². The van der Waals surface area contributed by atoms with Crippen LogP contribution in [-0.4, -0.2) is 12.8 Å². The Labute approximate surface area is 77.3 Å². The van der Waals surface area contributed by atoms with Gasteiger partial charge in [0.1, 0.15) is 5.69 Å². The number of hydrazine groups is 1. The Bertz CT molecular complexity index is 442. The first-order valence-corrected chi connectivity index (χ1v) is 3.97. The lowest BCUT2D eigenvalue weighted by Gasteiger charge is -2.01. The Balaban J connectivity index is 2.77. The molecule has 3 nitrogen and oxygen atoms in total. The molecular weight excluding hydrogens is 161 g/mol. The Morgan fingerprint density at radius 3 is 3.08 bits per heavy atom. The third-order valence-corrected chi connectivity index (χ3v) is 1.88. The van der Waals surface area contributed by atoms with E-state index in [0.717, 1.165) is 22.2 Å². The molecule has 0 saturated heterocycles. The number of rotatable bonds is 1. The molecule has 0 aliphatic rings. The van der Waals surface area contributed by atoms with Gasteiger partial charge in [-0.3, -0.25) is 4.98 Å². The van der Waals surface area contributed by atoms with E-state index >= 15 is 0 Å². The Hall–Kier alpha value is -1.73. The van der Waals surface area contributed by atoms with Gasteiger partial charge in [-0.15, -0.1) is 0 Å². The van der Waals surface area contributed by atoms with E-state index in [9.17, 15) is 0 Å². The fourth-order valence-electron chi connectivity index (χ4n) is 1.26. The number of nitrogens with two attached hydrogens (primary N) is 1. The fraction of sp³-hybridized carbons (Fsp3) is 0. The van der Waals surface area contributed by atoms with Gasteiger partial charge in [0, 0.05) is 11.5 Å². The van der Waals surface area contributed by atoms with Crippen LogP contribution in [0.5, 0.6) is 0 Å². The second kappa shape index (κ2) is 2.96. The smallest absolute Gasteiger partial charge is 0.163 e. The lowest BCUT2D eigenvalue weighted by Crippen LogP contribution is -2.09. The molecule has 0 aliphatic heterocycles. The van der Waals surface area contributed by atoms with Crippen LogP contribution >= 0.6 is 0 Å². The van der Waals surface area contributed by atoms with E-state index < -0.39 is 0 Å². The first-order chi connectivity index (χ1) is 6.31. The lowest BCUT2D eigenvalue weighted by atomic mass is 10.0. The number of pyridine rings is 1. The molecule has 1 aromatic carbocycles. The van der Waals surface area contributed by atoms with Gasteiger partial charge in [-0.1, -0.05) is 12.1 Å². The number of aromatic nitrogens is 1. The molecule has 4 heteroatoms. The van der Waals surface area contributed by atoms with Gasteiger partial charge in [-0.25, -0.2) is 5.84 Å². The molecular formula is C9H8BN3. The number of nitrogens with one attached hydrogen (secondary N) is 1. The largest absolute Gasteiger partial charge is 0.316 e. The zero-order valence-electron chi connectivity index (χ0n) is 7.26. The van der Waals surface area contributed by atoms with E-state index in [1.807, 2.05) is 20.0 Å². The summed E-state index contributed by atoms with van der Waals surface area (Å²) < 4.78 is 0. The van der Waals surface area contributed by atoms with Crippen LogP contribution in [0.4, 0.5) is 5.69 Å². The summed E-state index contributed by atoms with van der Waals surface area (Å²) in [6.45, 7) is 0. The highest BCUT2D eigenvalue weighted by Gasteiger charge is 1.98. The second-order valence-electron chi connectivity index (χ2n) is 2.82. The first-order valence-electron chi connectivity index (χ1n) is 3.97. The maximum absolute atomic E-state index is 5.32. The van der Waals surface area contributed by atoms with Gasteiger partial charge >= 0.3 is 0 Å². The third kappa shape index (κ3) is 1.30. The third-order valence-electron chi connectivity index (χ3n) is 1.88. The number of nitrogens with zero attached hydrogens (tertiary/aromatic N) is 1. The molecule has 0 radical (unpaired) electrons. The number of hydrogen-bond donors (Lipinski definition) is 2. The zero-order chi connectivity index (χ0) is 9.26. The minimum Gasteiger partial charge on any atom is -0.316 e. The minimum atomic E-state index is 0.727. The lowest BCUT2D eigenvalue weighted by molar-refractivity contribution is 1.36. The average Bonchev–Trinajstić information content (AvgIpc) is 2.16. The number of hydrogen-bond acceptors (Lipinski definition) is 3. The van der Waals surface area contributed by atoms with Crippen molar-refractivity contribution < 1.29 is 0 Å². The van der Waals surface area contributed by atoms with Crippen LogP contribution in [0.2, 0.25) is 0 Å². The van der Waals surface area contributed by atoms with Crippen molar-refractivity contribution in [3.05, 3.63) is 30.3 Å². The Morgan fingerprint density at radius 1 is 1.46 bits per heavy atom. The van der Waals surface area contributed by atoms with E-state index in [1.54, 1.807) is 6.07 Å². The summed E-state index contributed by atoms with van der Waals surface area (Å²) in [5, 5.41) is 0.965. The molecule has 0 unspecified atom stereocenters. The van der Waals surface area contributed by atoms with Crippen molar-refractivity contribution in [3.8, 4) is 0 Å². The van der Waals surface area contributed by atoms with Gasteiger partial charge in [0.15, 0.2) is 7.85 Å². The van der Waals surface area contributed by atoms with Crippen LogP contribution in [0, 0.1) is 12.1 Å². The first kappa shape index (κ1) is 7.90. The Kier molecular flexibility index (Phi) is 1.80. The average molecular weight is 169 g/mol. The molecule has 13 heavy (non-hydrogen) atoms. The van der Waals surface area contributed by atoms with Crippen LogP contribution in [0.1, 0.15) is 0 Å². The molecule has 0 bridgehead atoms. The normalized spacial score (nSPS) is 9.62. The summed E-state index contributed by atoms with van der Waals surface area (Å²) in [4.78, 5) is 4.34. The van der Waals surface area contributed by atoms with Gasteiger partial charge in [0.25, 0.3) is 0 Å². The Morgan fingerprint density at radius 2 is 2.31 bits per heavy atom. The highest BCUT2D eigenvalue weighted by Crippen LogP contribution is 2.15. The van der Waals surface area contributed by atoms with Crippen LogP contribution < -0.4 is 16.9 Å². The van der Waals surface area contributed by atoms with Crippen molar-refractivity contribution in [2.24, 2.45) is 5.84 Å². The van der Waals surface area contributed by atoms with Crippen LogP contribution in [0.3, 0.4) is 0 Å². The molecule has 0 amide bonds.